The fourth-order valence-corrected chi connectivity index (χ4v) is 0.940. The highest BCUT2D eigenvalue weighted by Gasteiger charge is 1.95. The normalized spacial score (nSPS) is 14.2. The lowest BCUT2D eigenvalue weighted by Crippen LogP contribution is -2.19. The molecule has 0 saturated carbocycles. The van der Waals surface area contributed by atoms with Gasteiger partial charge in [-0.2, -0.15) is 0 Å². The summed E-state index contributed by atoms with van der Waals surface area (Å²) in [7, 11) is 0. The van der Waals surface area contributed by atoms with E-state index in [9.17, 15) is 0 Å². The second-order valence-electron chi connectivity index (χ2n) is 2.81. The molecule has 0 aromatic heterocycles. The van der Waals surface area contributed by atoms with E-state index in [0.717, 1.165) is 5.70 Å². The van der Waals surface area contributed by atoms with Crippen LogP contribution in [0.5, 0.6) is 0 Å². The van der Waals surface area contributed by atoms with Crippen molar-refractivity contribution >= 4 is 12.2 Å². The Morgan fingerprint density at radius 1 is 1.19 bits per heavy atom. The molecular weight excluding hydrogens is 198 g/mol. The standard InChI is InChI=1S/C13H19N3/c1-5-9-12(10-6-2)16-13(14-8-4)15-11-7-3/h5-11H,1H2,2-4H3,(H,15,16)/b10-6-,11-7-,12-9+,14-8-. The Hall–Kier alpha value is -1.90. The van der Waals surface area contributed by atoms with Gasteiger partial charge in [-0.25, -0.2) is 9.98 Å². The molecule has 3 heteroatoms. The monoisotopic (exact) mass is 217 g/mol. The van der Waals surface area contributed by atoms with E-state index in [1.165, 1.54) is 0 Å². The Kier molecular flexibility index (Phi) is 8.50. The first kappa shape index (κ1) is 14.1. The molecule has 0 aromatic carbocycles. The number of nitrogens with zero attached hydrogens (tertiary/aromatic N) is 2. The van der Waals surface area contributed by atoms with E-state index < -0.39 is 0 Å². The van der Waals surface area contributed by atoms with Crippen LogP contribution >= 0.6 is 0 Å². The summed E-state index contributed by atoms with van der Waals surface area (Å²) in [5.74, 6) is 0.548. The van der Waals surface area contributed by atoms with E-state index >= 15 is 0 Å². The minimum Gasteiger partial charge on any atom is -0.324 e. The molecule has 0 rings (SSSR count). The highest BCUT2D eigenvalue weighted by Crippen LogP contribution is 1.94. The third-order valence-corrected chi connectivity index (χ3v) is 1.50. The maximum absolute atomic E-state index is 4.15. The molecule has 16 heavy (non-hydrogen) atoms. The summed E-state index contributed by atoms with van der Waals surface area (Å²) in [5, 5.41) is 3.10. The van der Waals surface area contributed by atoms with Crippen molar-refractivity contribution in [3.05, 3.63) is 48.9 Å². The van der Waals surface area contributed by atoms with E-state index in [1.54, 1.807) is 18.5 Å². The lowest BCUT2D eigenvalue weighted by molar-refractivity contribution is 1.14. The van der Waals surface area contributed by atoms with Crippen LogP contribution in [0.15, 0.2) is 58.8 Å². The smallest absolute Gasteiger partial charge is 0.226 e. The third-order valence-electron chi connectivity index (χ3n) is 1.50. The quantitative estimate of drug-likeness (QED) is 0.438. The number of nitrogens with one attached hydrogen (secondary N) is 1. The largest absolute Gasteiger partial charge is 0.324 e. The van der Waals surface area contributed by atoms with Gasteiger partial charge in [-0.15, -0.1) is 0 Å². The Labute approximate surface area is 97.7 Å². The van der Waals surface area contributed by atoms with Crippen molar-refractivity contribution in [2.45, 2.75) is 20.8 Å². The van der Waals surface area contributed by atoms with Gasteiger partial charge >= 0.3 is 0 Å². The highest BCUT2D eigenvalue weighted by molar-refractivity contribution is 5.89. The number of hydrogen-bond acceptors (Lipinski definition) is 1. The first-order valence-corrected chi connectivity index (χ1v) is 5.18. The van der Waals surface area contributed by atoms with Gasteiger partial charge in [-0.1, -0.05) is 24.8 Å². The molecule has 0 aliphatic rings. The molecule has 0 aliphatic carbocycles. The number of aliphatic imine (C=N–C) groups is 2. The number of guanidine groups is 1. The molecule has 0 saturated heterocycles. The summed E-state index contributed by atoms with van der Waals surface area (Å²) in [5.41, 5.74) is 0.895. The Morgan fingerprint density at radius 3 is 2.44 bits per heavy atom. The molecule has 0 aromatic rings. The summed E-state index contributed by atoms with van der Waals surface area (Å²) >= 11 is 0. The van der Waals surface area contributed by atoms with Crippen molar-refractivity contribution in [2.24, 2.45) is 9.98 Å². The molecule has 0 unspecified atom stereocenters. The van der Waals surface area contributed by atoms with Crippen LogP contribution < -0.4 is 5.32 Å². The van der Waals surface area contributed by atoms with Crippen LogP contribution in [0.2, 0.25) is 0 Å². The number of allylic oxidation sites excluding steroid dienone is 5. The highest BCUT2D eigenvalue weighted by atomic mass is 15.1. The molecule has 0 spiro atoms. The lowest BCUT2D eigenvalue weighted by atomic mass is 10.3. The van der Waals surface area contributed by atoms with Crippen LogP contribution in [-0.4, -0.2) is 12.2 Å². The van der Waals surface area contributed by atoms with Gasteiger partial charge in [-0.05, 0) is 32.9 Å². The first-order valence-electron chi connectivity index (χ1n) is 5.18. The SMILES string of the molecule is C=C/C=C(\C=C/C)NC(/N=C\C)=N/C=C\C. The Bertz CT molecular complexity index is 344. The molecule has 0 fully saturated rings. The van der Waals surface area contributed by atoms with Crippen LogP contribution in [0.4, 0.5) is 0 Å². The Balaban J connectivity index is 4.84. The average molecular weight is 217 g/mol. The summed E-state index contributed by atoms with van der Waals surface area (Å²) in [6.45, 7) is 9.36. The zero-order valence-electron chi connectivity index (χ0n) is 10.1. The minimum absolute atomic E-state index is 0.548. The van der Waals surface area contributed by atoms with Crippen molar-refractivity contribution < 1.29 is 0 Å². The van der Waals surface area contributed by atoms with Gasteiger partial charge in [0, 0.05) is 18.1 Å². The van der Waals surface area contributed by atoms with E-state index in [-0.39, 0.29) is 0 Å². The predicted molar refractivity (Wildman–Crippen MR) is 72.6 cm³/mol. The first-order chi connectivity index (χ1) is 7.78. The van der Waals surface area contributed by atoms with Gasteiger partial charge in [0.2, 0.25) is 5.96 Å². The molecule has 0 aliphatic heterocycles. The molecule has 86 valence electrons. The van der Waals surface area contributed by atoms with Crippen LogP contribution in [0, 0.1) is 0 Å². The molecular formula is C13H19N3. The summed E-state index contributed by atoms with van der Waals surface area (Å²) in [6, 6.07) is 0. The lowest BCUT2D eigenvalue weighted by Gasteiger charge is -2.04. The van der Waals surface area contributed by atoms with E-state index in [4.69, 9.17) is 0 Å². The molecule has 1 N–H and O–H groups in total. The molecule has 0 heterocycles. The van der Waals surface area contributed by atoms with Crippen molar-refractivity contribution in [3.8, 4) is 0 Å². The summed E-state index contributed by atoms with van der Waals surface area (Å²) in [4.78, 5) is 8.27. The Morgan fingerprint density at radius 2 is 1.94 bits per heavy atom. The van der Waals surface area contributed by atoms with Gasteiger partial charge in [0.05, 0.1) is 0 Å². The summed E-state index contributed by atoms with van der Waals surface area (Å²) < 4.78 is 0. The van der Waals surface area contributed by atoms with E-state index in [1.807, 2.05) is 45.1 Å². The van der Waals surface area contributed by atoms with Crippen LogP contribution in [-0.2, 0) is 0 Å². The van der Waals surface area contributed by atoms with Gasteiger partial charge in [0.25, 0.3) is 0 Å². The van der Waals surface area contributed by atoms with Crippen molar-refractivity contribution in [1.82, 2.24) is 5.32 Å². The van der Waals surface area contributed by atoms with Gasteiger partial charge in [0.1, 0.15) is 0 Å². The van der Waals surface area contributed by atoms with Crippen molar-refractivity contribution in [1.29, 1.82) is 0 Å². The van der Waals surface area contributed by atoms with Gasteiger partial charge < -0.3 is 5.32 Å². The fourth-order valence-electron chi connectivity index (χ4n) is 0.940. The summed E-state index contributed by atoms with van der Waals surface area (Å²) in [6.07, 6.45) is 12.7. The van der Waals surface area contributed by atoms with Crippen LogP contribution in [0.25, 0.3) is 0 Å². The van der Waals surface area contributed by atoms with Crippen molar-refractivity contribution in [2.75, 3.05) is 0 Å². The van der Waals surface area contributed by atoms with Gasteiger partial charge in [-0.3, -0.25) is 0 Å². The molecule has 0 bridgehead atoms. The zero-order chi connectivity index (χ0) is 12.2. The zero-order valence-corrected chi connectivity index (χ0v) is 10.1. The van der Waals surface area contributed by atoms with Gasteiger partial charge in [0.15, 0.2) is 0 Å². The van der Waals surface area contributed by atoms with Crippen molar-refractivity contribution in [3.63, 3.8) is 0 Å². The average Bonchev–Trinajstić information content (AvgIpc) is 2.27. The second-order valence-corrected chi connectivity index (χ2v) is 2.81. The molecule has 3 nitrogen and oxygen atoms in total. The second kappa shape index (κ2) is 9.65. The van der Waals surface area contributed by atoms with E-state index in [2.05, 4.69) is 21.9 Å². The predicted octanol–water partition coefficient (Wildman–Crippen LogP) is 3.20. The third kappa shape index (κ3) is 6.54. The van der Waals surface area contributed by atoms with Crippen LogP contribution in [0.3, 0.4) is 0 Å². The fraction of sp³-hybridized carbons (Fsp3) is 0.231. The molecule has 0 amide bonds. The maximum atomic E-state index is 4.15. The van der Waals surface area contributed by atoms with Crippen LogP contribution in [0.1, 0.15) is 20.8 Å². The molecule has 0 atom stereocenters. The number of hydrogen-bond donors (Lipinski definition) is 1. The molecule has 0 radical (unpaired) electrons. The minimum atomic E-state index is 0.548. The number of rotatable bonds is 4. The van der Waals surface area contributed by atoms with E-state index in [0.29, 0.717) is 5.96 Å². The maximum Gasteiger partial charge on any atom is 0.226 e. The topological polar surface area (TPSA) is 36.8 Å².